The molecule has 1 N–H and O–H groups in total. The van der Waals surface area contributed by atoms with E-state index in [0.717, 1.165) is 38.2 Å². The zero-order valence-corrected chi connectivity index (χ0v) is 15.7. The second-order valence-electron chi connectivity index (χ2n) is 6.94. The van der Waals surface area contributed by atoms with E-state index >= 15 is 0 Å². The largest absolute Gasteiger partial charge is 0.332 e. The molecule has 2 saturated heterocycles. The van der Waals surface area contributed by atoms with Gasteiger partial charge in [0, 0.05) is 36.3 Å². The molecular weight excluding hydrogens is 344 g/mol. The molecular formula is C17H27ClN4OS. The summed E-state index contributed by atoms with van der Waals surface area (Å²) >= 11 is 2.06. The summed E-state index contributed by atoms with van der Waals surface area (Å²) in [5.74, 6) is 1.21. The monoisotopic (exact) mass is 370 g/mol. The highest BCUT2D eigenvalue weighted by atomic mass is 35.5. The number of thioether (sulfide) groups is 1. The lowest BCUT2D eigenvalue weighted by Gasteiger charge is -2.43. The molecule has 3 aliphatic rings. The van der Waals surface area contributed by atoms with Crippen LogP contribution in [0.5, 0.6) is 0 Å². The molecule has 3 unspecified atom stereocenters. The summed E-state index contributed by atoms with van der Waals surface area (Å²) in [6.07, 6.45) is 9.32. The first-order valence-corrected chi connectivity index (χ1v) is 10.1. The van der Waals surface area contributed by atoms with Crippen LogP contribution in [0.1, 0.15) is 55.1 Å². The topological polar surface area (TPSA) is 50.2 Å². The SMILES string of the molecule is Cl.O=C(c1ccn(C2CCCNC2)n1)N1CCSC2CCCCC21. The molecule has 24 heavy (non-hydrogen) atoms. The highest BCUT2D eigenvalue weighted by Crippen LogP contribution is 2.36. The molecule has 0 bridgehead atoms. The van der Waals surface area contributed by atoms with E-state index in [9.17, 15) is 4.79 Å². The summed E-state index contributed by atoms with van der Waals surface area (Å²) in [5, 5.41) is 8.68. The van der Waals surface area contributed by atoms with Gasteiger partial charge in [-0.1, -0.05) is 12.8 Å². The van der Waals surface area contributed by atoms with Crippen LogP contribution in [-0.4, -0.2) is 57.3 Å². The van der Waals surface area contributed by atoms with Crippen molar-refractivity contribution in [3.05, 3.63) is 18.0 Å². The minimum atomic E-state index is 0. The number of hydrogen-bond donors (Lipinski definition) is 1. The normalized spacial score (nSPS) is 30.3. The molecule has 3 atom stereocenters. The van der Waals surface area contributed by atoms with Crippen LogP contribution in [0.15, 0.2) is 12.3 Å². The number of nitrogens with zero attached hydrogens (tertiary/aromatic N) is 3. The van der Waals surface area contributed by atoms with E-state index in [1.807, 2.05) is 16.9 Å². The smallest absolute Gasteiger partial charge is 0.274 e. The van der Waals surface area contributed by atoms with E-state index in [1.165, 1.54) is 25.7 Å². The summed E-state index contributed by atoms with van der Waals surface area (Å²) in [4.78, 5) is 15.1. The van der Waals surface area contributed by atoms with Crippen LogP contribution in [0.4, 0.5) is 0 Å². The maximum absolute atomic E-state index is 13.0. The Morgan fingerprint density at radius 1 is 1.25 bits per heavy atom. The van der Waals surface area contributed by atoms with Crippen LogP contribution in [0, 0.1) is 0 Å². The fraction of sp³-hybridized carbons (Fsp3) is 0.765. The summed E-state index contributed by atoms with van der Waals surface area (Å²) in [5.41, 5.74) is 0.631. The van der Waals surface area contributed by atoms with Gasteiger partial charge in [-0.15, -0.1) is 12.4 Å². The number of carbonyl (C=O) groups excluding carboxylic acids is 1. The molecule has 2 aliphatic heterocycles. The Labute approximate surface area is 154 Å². The molecule has 0 aromatic carbocycles. The number of halogens is 1. The van der Waals surface area contributed by atoms with E-state index in [0.29, 0.717) is 23.0 Å². The van der Waals surface area contributed by atoms with E-state index in [4.69, 9.17) is 0 Å². The summed E-state index contributed by atoms with van der Waals surface area (Å²) < 4.78 is 2.00. The maximum atomic E-state index is 13.0. The quantitative estimate of drug-likeness (QED) is 0.869. The van der Waals surface area contributed by atoms with Crippen molar-refractivity contribution in [2.45, 2.75) is 55.9 Å². The number of hydrogen-bond acceptors (Lipinski definition) is 4. The molecule has 0 radical (unpaired) electrons. The molecule has 1 saturated carbocycles. The summed E-state index contributed by atoms with van der Waals surface area (Å²) in [7, 11) is 0. The van der Waals surface area contributed by atoms with Crippen molar-refractivity contribution in [3.63, 3.8) is 0 Å². The Hall–Kier alpha value is -0.720. The van der Waals surface area contributed by atoms with Crippen molar-refractivity contribution in [1.82, 2.24) is 20.0 Å². The molecule has 0 spiro atoms. The fourth-order valence-corrected chi connectivity index (χ4v) is 5.65. The zero-order chi connectivity index (χ0) is 15.6. The molecule has 1 aliphatic carbocycles. The van der Waals surface area contributed by atoms with Crippen LogP contribution in [0.25, 0.3) is 0 Å². The lowest BCUT2D eigenvalue weighted by molar-refractivity contribution is 0.0639. The van der Waals surface area contributed by atoms with E-state index in [1.54, 1.807) is 0 Å². The molecule has 1 aromatic heterocycles. The van der Waals surface area contributed by atoms with Gasteiger partial charge in [0.1, 0.15) is 5.69 Å². The molecule has 3 heterocycles. The van der Waals surface area contributed by atoms with Gasteiger partial charge in [-0.25, -0.2) is 0 Å². The van der Waals surface area contributed by atoms with Gasteiger partial charge >= 0.3 is 0 Å². The predicted molar refractivity (Wildman–Crippen MR) is 100 cm³/mol. The number of nitrogens with one attached hydrogen (secondary N) is 1. The number of amides is 1. The van der Waals surface area contributed by atoms with E-state index < -0.39 is 0 Å². The van der Waals surface area contributed by atoms with Gasteiger partial charge in [-0.3, -0.25) is 9.48 Å². The Morgan fingerprint density at radius 3 is 2.96 bits per heavy atom. The van der Waals surface area contributed by atoms with Gasteiger partial charge in [-0.05, 0) is 38.3 Å². The molecule has 7 heteroatoms. The van der Waals surface area contributed by atoms with Crippen LogP contribution in [0.2, 0.25) is 0 Å². The highest BCUT2D eigenvalue weighted by molar-refractivity contribution is 8.00. The average Bonchev–Trinajstić information content (AvgIpc) is 3.11. The van der Waals surface area contributed by atoms with Gasteiger partial charge in [0.05, 0.1) is 6.04 Å². The van der Waals surface area contributed by atoms with Crippen molar-refractivity contribution in [2.24, 2.45) is 0 Å². The zero-order valence-electron chi connectivity index (χ0n) is 14.0. The standard InChI is InChI=1S/C17H26N4OS.ClH/c22-17(20-10-11-23-16-6-2-1-5-15(16)20)14-7-9-21(19-14)13-4-3-8-18-12-13;/h7,9,13,15-16,18H,1-6,8,10-12H2;1H. The summed E-state index contributed by atoms with van der Waals surface area (Å²) in [6.45, 7) is 2.93. The van der Waals surface area contributed by atoms with Crippen LogP contribution in [0.3, 0.4) is 0 Å². The van der Waals surface area contributed by atoms with Crippen molar-refractivity contribution in [3.8, 4) is 0 Å². The van der Waals surface area contributed by atoms with Crippen LogP contribution < -0.4 is 5.32 Å². The van der Waals surface area contributed by atoms with Crippen LogP contribution >= 0.6 is 24.2 Å². The third-order valence-electron chi connectivity index (χ3n) is 5.47. The first-order chi connectivity index (χ1) is 11.3. The number of aromatic nitrogens is 2. The first-order valence-electron chi connectivity index (χ1n) is 9.01. The lowest BCUT2D eigenvalue weighted by Crippen LogP contribution is -2.51. The molecule has 4 rings (SSSR count). The van der Waals surface area contributed by atoms with Gasteiger partial charge in [0.25, 0.3) is 5.91 Å². The maximum Gasteiger partial charge on any atom is 0.274 e. The highest BCUT2D eigenvalue weighted by Gasteiger charge is 2.37. The van der Waals surface area contributed by atoms with Crippen molar-refractivity contribution >= 4 is 30.1 Å². The Kier molecular flexibility index (Phi) is 6.11. The predicted octanol–water partition coefficient (Wildman–Crippen LogP) is 2.73. The molecule has 3 fully saturated rings. The average molecular weight is 371 g/mol. The Balaban J connectivity index is 0.00000169. The van der Waals surface area contributed by atoms with Gasteiger partial charge in [0.2, 0.25) is 0 Å². The fourth-order valence-electron chi connectivity index (χ4n) is 4.21. The Bertz CT molecular complexity index is 559. The van der Waals surface area contributed by atoms with Crippen LogP contribution in [-0.2, 0) is 0 Å². The number of piperidine rings is 1. The van der Waals surface area contributed by atoms with Gasteiger partial charge < -0.3 is 10.2 Å². The van der Waals surface area contributed by atoms with E-state index in [2.05, 4.69) is 27.1 Å². The van der Waals surface area contributed by atoms with Gasteiger partial charge in [-0.2, -0.15) is 16.9 Å². The number of carbonyl (C=O) groups is 1. The number of rotatable bonds is 2. The van der Waals surface area contributed by atoms with Crippen molar-refractivity contribution < 1.29 is 4.79 Å². The second kappa shape index (κ2) is 8.11. The molecule has 5 nitrogen and oxygen atoms in total. The first kappa shape index (κ1) is 18.1. The minimum absolute atomic E-state index is 0. The molecule has 1 aromatic rings. The lowest BCUT2D eigenvalue weighted by atomic mass is 9.93. The third kappa shape index (κ3) is 3.60. The summed E-state index contributed by atoms with van der Waals surface area (Å²) in [6, 6.07) is 2.73. The third-order valence-corrected chi connectivity index (χ3v) is 6.86. The second-order valence-corrected chi connectivity index (χ2v) is 8.29. The number of fused-ring (bicyclic) bond motifs is 1. The van der Waals surface area contributed by atoms with Crippen molar-refractivity contribution in [1.29, 1.82) is 0 Å². The van der Waals surface area contributed by atoms with E-state index in [-0.39, 0.29) is 18.3 Å². The Morgan fingerprint density at radius 2 is 2.12 bits per heavy atom. The minimum Gasteiger partial charge on any atom is -0.332 e. The molecule has 134 valence electrons. The van der Waals surface area contributed by atoms with Gasteiger partial charge in [0.15, 0.2) is 0 Å². The molecule has 1 amide bonds. The van der Waals surface area contributed by atoms with Crippen molar-refractivity contribution in [2.75, 3.05) is 25.4 Å².